The van der Waals surface area contributed by atoms with E-state index in [0.29, 0.717) is 0 Å². The van der Waals surface area contributed by atoms with Gasteiger partial charge in [0.1, 0.15) is 3.70 Å². The first kappa shape index (κ1) is 14.8. The molecular formula is C9H7F3INO4. The summed E-state index contributed by atoms with van der Waals surface area (Å²) in [6.45, 7) is 0. The van der Waals surface area contributed by atoms with Crippen molar-refractivity contribution >= 4 is 28.6 Å². The molecule has 0 aliphatic carbocycles. The van der Waals surface area contributed by atoms with Gasteiger partial charge in [0.05, 0.1) is 19.7 Å². The fraction of sp³-hybridized carbons (Fsp3) is 0.333. The molecule has 0 aromatic carbocycles. The van der Waals surface area contributed by atoms with E-state index in [1.807, 2.05) is 0 Å². The van der Waals surface area contributed by atoms with Gasteiger partial charge in [-0.3, -0.25) is 4.79 Å². The molecule has 0 radical (unpaired) electrons. The molecule has 0 amide bonds. The van der Waals surface area contributed by atoms with E-state index in [4.69, 9.17) is 9.84 Å². The largest absolute Gasteiger partial charge is 0.573 e. The number of hydrogen-bond donors (Lipinski definition) is 1. The van der Waals surface area contributed by atoms with Crippen molar-refractivity contribution in [1.29, 1.82) is 0 Å². The summed E-state index contributed by atoms with van der Waals surface area (Å²) in [5.41, 5.74) is 0.0346. The SMILES string of the molecule is COc1c(OC(F)(F)F)cnc(I)c1CC(=O)O. The highest BCUT2D eigenvalue weighted by Gasteiger charge is 2.33. The lowest BCUT2D eigenvalue weighted by Crippen LogP contribution is -2.18. The number of carboxylic acids is 1. The minimum absolute atomic E-state index is 0.0346. The minimum Gasteiger partial charge on any atom is -0.492 e. The Morgan fingerprint density at radius 2 is 2.17 bits per heavy atom. The summed E-state index contributed by atoms with van der Waals surface area (Å²) in [4.78, 5) is 14.3. The summed E-state index contributed by atoms with van der Waals surface area (Å²) in [5.74, 6) is -2.16. The number of hydrogen-bond acceptors (Lipinski definition) is 4. The number of halogens is 4. The van der Waals surface area contributed by atoms with Crippen molar-refractivity contribution in [3.63, 3.8) is 0 Å². The first-order valence-electron chi connectivity index (χ1n) is 4.43. The molecule has 1 aromatic rings. The van der Waals surface area contributed by atoms with Crippen LogP contribution in [-0.4, -0.2) is 29.5 Å². The molecule has 18 heavy (non-hydrogen) atoms. The van der Waals surface area contributed by atoms with Gasteiger partial charge in [-0.2, -0.15) is 0 Å². The third-order valence-electron chi connectivity index (χ3n) is 1.80. The van der Waals surface area contributed by atoms with Crippen LogP contribution >= 0.6 is 22.6 Å². The molecule has 0 bridgehead atoms. The molecular weight excluding hydrogens is 370 g/mol. The van der Waals surface area contributed by atoms with Crippen LogP contribution in [0.25, 0.3) is 0 Å². The highest BCUT2D eigenvalue weighted by atomic mass is 127. The van der Waals surface area contributed by atoms with Crippen LogP contribution in [0.1, 0.15) is 5.56 Å². The zero-order valence-electron chi connectivity index (χ0n) is 8.92. The number of rotatable bonds is 4. The van der Waals surface area contributed by atoms with Crippen LogP contribution in [0.15, 0.2) is 6.20 Å². The molecule has 100 valence electrons. The second-order valence-electron chi connectivity index (χ2n) is 3.04. The predicted octanol–water partition coefficient (Wildman–Crippen LogP) is 2.22. The van der Waals surface area contributed by atoms with E-state index in [1.165, 1.54) is 0 Å². The molecule has 0 saturated carbocycles. The summed E-state index contributed by atoms with van der Waals surface area (Å²) < 4.78 is 45.1. The number of carbonyl (C=O) groups is 1. The Morgan fingerprint density at radius 3 is 2.61 bits per heavy atom. The number of methoxy groups -OCH3 is 1. The van der Waals surface area contributed by atoms with Crippen LogP contribution in [-0.2, 0) is 11.2 Å². The number of aromatic nitrogens is 1. The van der Waals surface area contributed by atoms with Crippen LogP contribution in [0.3, 0.4) is 0 Å². The summed E-state index contributed by atoms with van der Waals surface area (Å²) in [6.07, 6.45) is -4.58. The summed E-state index contributed by atoms with van der Waals surface area (Å²) in [7, 11) is 1.12. The van der Waals surface area contributed by atoms with Crippen LogP contribution < -0.4 is 9.47 Å². The van der Waals surface area contributed by atoms with E-state index in [2.05, 4.69) is 9.72 Å². The second kappa shape index (κ2) is 5.59. The van der Waals surface area contributed by atoms with Crippen LogP contribution in [0.5, 0.6) is 11.5 Å². The maximum atomic E-state index is 12.1. The van der Waals surface area contributed by atoms with Gasteiger partial charge in [-0.1, -0.05) is 0 Å². The summed E-state index contributed by atoms with van der Waals surface area (Å²) >= 11 is 1.71. The molecule has 1 rings (SSSR count). The van der Waals surface area contributed by atoms with Crippen molar-refractivity contribution in [2.75, 3.05) is 7.11 Å². The molecule has 0 fully saturated rings. The fourth-order valence-corrected chi connectivity index (χ4v) is 1.79. The lowest BCUT2D eigenvalue weighted by Gasteiger charge is -2.15. The van der Waals surface area contributed by atoms with Crippen LogP contribution in [0.2, 0.25) is 0 Å². The lowest BCUT2D eigenvalue weighted by atomic mass is 10.2. The van der Waals surface area contributed by atoms with E-state index in [0.717, 1.165) is 13.3 Å². The zero-order valence-corrected chi connectivity index (χ0v) is 11.1. The molecule has 0 unspecified atom stereocenters. The fourth-order valence-electron chi connectivity index (χ4n) is 1.22. The summed E-state index contributed by atoms with van der Waals surface area (Å²) in [5, 5.41) is 8.69. The van der Waals surface area contributed by atoms with Crippen LogP contribution in [0, 0.1) is 3.70 Å². The standard InChI is InChI=1S/C9H7F3INO4/c1-17-7-4(2-6(15)16)8(13)14-3-5(7)18-9(10,11)12/h3H,2H2,1H3,(H,15,16). The normalized spacial score (nSPS) is 11.2. The van der Waals surface area contributed by atoms with Gasteiger partial charge in [0.2, 0.25) is 0 Å². The number of nitrogens with zero attached hydrogens (tertiary/aromatic N) is 1. The Morgan fingerprint density at radius 1 is 1.56 bits per heavy atom. The molecule has 0 aliphatic heterocycles. The number of carboxylic acid groups (broad SMARTS) is 1. The van der Waals surface area contributed by atoms with E-state index in [1.54, 1.807) is 22.6 Å². The molecule has 0 aliphatic rings. The van der Waals surface area contributed by atoms with Gasteiger partial charge in [0.15, 0.2) is 11.5 Å². The first-order valence-corrected chi connectivity index (χ1v) is 5.51. The Kier molecular flexibility index (Phi) is 4.59. The monoisotopic (exact) mass is 377 g/mol. The third-order valence-corrected chi connectivity index (χ3v) is 2.73. The molecule has 9 heteroatoms. The molecule has 1 heterocycles. The number of pyridine rings is 1. The Labute approximate surface area is 113 Å². The zero-order chi connectivity index (χ0) is 13.9. The van der Waals surface area contributed by atoms with Crippen molar-refractivity contribution < 1.29 is 32.5 Å². The average Bonchev–Trinajstić information content (AvgIpc) is 2.20. The van der Waals surface area contributed by atoms with Crippen molar-refractivity contribution in [1.82, 2.24) is 4.98 Å². The number of ether oxygens (including phenoxy) is 2. The average molecular weight is 377 g/mol. The predicted molar refractivity (Wildman–Crippen MR) is 61.5 cm³/mol. The number of aliphatic carboxylic acids is 1. The Balaban J connectivity index is 3.24. The molecule has 0 saturated heterocycles. The molecule has 0 spiro atoms. The van der Waals surface area contributed by atoms with Gasteiger partial charge in [0.25, 0.3) is 0 Å². The van der Waals surface area contributed by atoms with Crippen molar-refractivity contribution in [3.05, 3.63) is 15.5 Å². The number of alkyl halides is 3. The topological polar surface area (TPSA) is 68.7 Å². The molecule has 1 aromatic heterocycles. The van der Waals surface area contributed by atoms with Gasteiger partial charge in [-0.15, -0.1) is 13.2 Å². The summed E-state index contributed by atoms with van der Waals surface area (Å²) in [6, 6.07) is 0. The highest BCUT2D eigenvalue weighted by molar-refractivity contribution is 14.1. The smallest absolute Gasteiger partial charge is 0.492 e. The lowest BCUT2D eigenvalue weighted by molar-refractivity contribution is -0.275. The van der Waals surface area contributed by atoms with Gasteiger partial charge in [-0.05, 0) is 22.6 Å². The minimum atomic E-state index is -4.90. The van der Waals surface area contributed by atoms with Gasteiger partial charge in [0, 0.05) is 5.56 Å². The van der Waals surface area contributed by atoms with Gasteiger partial charge < -0.3 is 14.6 Å². The highest BCUT2D eigenvalue weighted by Crippen LogP contribution is 2.36. The van der Waals surface area contributed by atoms with E-state index < -0.39 is 24.5 Å². The molecule has 5 nitrogen and oxygen atoms in total. The quantitative estimate of drug-likeness (QED) is 0.644. The first-order chi connectivity index (χ1) is 8.24. The van der Waals surface area contributed by atoms with Gasteiger partial charge in [-0.25, -0.2) is 4.98 Å². The van der Waals surface area contributed by atoms with Crippen LogP contribution in [0.4, 0.5) is 13.2 Å². The Bertz CT molecular complexity index is 464. The van der Waals surface area contributed by atoms with E-state index in [-0.39, 0.29) is 15.0 Å². The van der Waals surface area contributed by atoms with Crippen molar-refractivity contribution in [3.8, 4) is 11.5 Å². The van der Waals surface area contributed by atoms with Crippen molar-refractivity contribution in [2.24, 2.45) is 0 Å². The molecule has 0 atom stereocenters. The maximum Gasteiger partial charge on any atom is 0.573 e. The van der Waals surface area contributed by atoms with Crippen molar-refractivity contribution in [2.45, 2.75) is 12.8 Å². The van der Waals surface area contributed by atoms with E-state index >= 15 is 0 Å². The second-order valence-corrected chi connectivity index (χ2v) is 4.07. The van der Waals surface area contributed by atoms with Gasteiger partial charge >= 0.3 is 12.3 Å². The Hall–Kier alpha value is -1.26. The third kappa shape index (κ3) is 3.89. The maximum absolute atomic E-state index is 12.1. The molecule has 1 N–H and O–H groups in total. The van der Waals surface area contributed by atoms with E-state index in [9.17, 15) is 18.0 Å².